The number of aliphatic hydroxyl groups excluding tert-OH is 1. The molecule has 3 nitrogen and oxygen atoms in total. The third kappa shape index (κ3) is 3.09. The van der Waals surface area contributed by atoms with Crippen molar-refractivity contribution in [2.45, 2.75) is 13.3 Å². The SMILES string of the molecule is CCOCC1CCN(CCO)C1. The van der Waals surface area contributed by atoms with Gasteiger partial charge in [-0.2, -0.15) is 0 Å². The van der Waals surface area contributed by atoms with Crippen molar-refractivity contribution in [2.24, 2.45) is 5.92 Å². The molecule has 1 aliphatic heterocycles. The molecule has 0 aromatic heterocycles. The Balaban J connectivity index is 2.08. The molecule has 12 heavy (non-hydrogen) atoms. The molecule has 1 unspecified atom stereocenters. The van der Waals surface area contributed by atoms with Crippen LogP contribution in [0, 0.1) is 5.92 Å². The average molecular weight is 173 g/mol. The summed E-state index contributed by atoms with van der Waals surface area (Å²) in [6.07, 6.45) is 1.22. The molecule has 0 aliphatic carbocycles. The van der Waals surface area contributed by atoms with Crippen LogP contribution in [0.4, 0.5) is 0 Å². The lowest BCUT2D eigenvalue weighted by Crippen LogP contribution is -2.25. The fourth-order valence-electron chi connectivity index (χ4n) is 1.68. The highest BCUT2D eigenvalue weighted by Crippen LogP contribution is 2.15. The van der Waals surface area contributed by atoms with E-state index in [0.29, 0.717) is 5.92 Å². The Morgan fingerprint density at radius 3 is 3.08 bits per heavy atom. The van der Waals surface area contributed by atoms with E-state index in [1.807, 2.05) is 6.92 Å². The molecule has 3 heteroatoms. The van der Waals surface area contributed by atoms with Crippen molar-refractivity contribution < 1.29 is 9.84 Å². The van der Waals surface area contributed by atoms with Crippen LogP contribution in [0.15, 0.2) is 0 Å². The van der Waals surface area contributed by atoms with Crippen LogP contribution < -0.4 is 0 Å². The van der Waals surface area contributed by atoms with Crippen LogP contribution in [-0.2, 0) is 4.74 Å². The average Bonchev–Trinajstić information content (AvgIpc) is 2.50. The van der Waals surface area contributed by atoms with Crippen molar-refractivity contribution in [3.8, 4) is 0 Å². The van der Waals surface area contributed by atoms with Gasteiger partial charge < -0.3 is 14.7 Å². The lowest BCUT2D eigenvalue weighted by Gasteiger charge is -2.13. The number of hydrogen-bond donors (Lipinski definition) is 1. The van der Waals surface area contributed by atoms with Gasteiger partial charge in [-0.15, -0.1) is 0 Å². The number of rotatable bonds is 5. The number of nitrogens with zero attached hydrogens (tertiary/aromatic N) is 1. The predicted octanol–water partition coefficient (Wildman–Crippen LogP) is 0.337. The van der Waals surface area contributed by atoms with Crippen LogP contribution in [0.1, 0.15) is 13.3 Å². The van der Waals surface area contributed by atoms with Gasteiger partial charge in [0.15, 0.2) is 0 Å². The summed E-state index contributed by atoms with van der Waals surface area (Å²) < 4.78 is 5.35. The van der Waals surface area contributed by atoms with E-state index in [1.54, 1.807) is 0 Å². The second kappa shape index (κ2) is 5.51. The topological polar surface area (TPSA) is 32.7 Å². The molecule has 0 aromatic rings. The van der Waals surface area contributed by atoms with Crippen molar-refractivity contribution >= 4 is 0 Å². The van der Waals surface area contributed by atoms with Crippen molar-refractivity contribution in [1.29, 1.82) is 0 Å². The molecule has 0 radical (unpaired) electrons. The molecule has 1 rings (SSSR count). The van der Waals surface area contributed by atoms with Gasteiger partial charge in [0.25, 0.3) is 0 Å². The maximum Gasteiger partial charge on any atom is 0.0558 e. The highest BCUT2D eigenvalue weighted by molar-refractivity contribution is 4.74. The summed E-state index contributed by atoms with van der Waals surface area (Å²) in [5.74, 6) is 0.691. The molecule has 0 bridgehead atoms. The third-order valence-corrected chi connectivity index (χ3v) is 2.34. The van der Waals surface area contributed by atoms with E-state index >= 15 is 0 Å². The second-order valence-electron chi connectivity index (χ2n) is 3.34. The minimum absolute atomic E-state index is 0.279. The Labute approximate surface area is 74.3 Å². The molecule has 1 fully saturated rings. The summed E-state index contributed by atoms with van der Waals surface area (Å²) in [4.78, 5) is 2.30. The fraction of sp³-hybridized carbons (Fsp3) is 1.00. The first-order valence-corrected chi connectivity index (χ1v) is 4.77. The van der Waals surface area contributed by atoms with E-state index in [2.05, 4.69) is 4.90 Å². The van der Waals surface area contributed by atoms with Crippen LogP contribution in [0.3, 0.4) is 0 Å². The van der Waals surface area contributed by atoms with Gasteiger partial charge in [0.05, 0.1) is 13.2 Å². The summed E-state index contributed by atoms with van der Waals surface area (Å²) >= 11 is 0. The van der Waals surface area contributed by atoms with Crippen LogP contribution in [0.25, 0.3) is 0 Å². The standard InChI is InChI=1S/C9H19NO2/c1-2-12-8-9-3-4-10(7-9)5-6-11/h9,11H,2-8H2,1H3. The molecule has 72 valence electrons. The maximum atomic E-state index is 8.72. The first-order chi connectivity index (χ1) is 5.86. The Morgan fingerprint density at radius 2 is 2.42 bits per heavy atom. The lowest BCUT2D eigenvalue weighted by atomic mass is 10.1. The number of likely N-dealkylation sites (tertiary alicyclic amines) is 1. The van der Waals surface area contributed by atoms with E-state index in [9.17, 15) is 0 Å². The smallest absolute Gasteiger partial charge is 0.0558 e. The molecule has 0 saturated carbocycles. The summed E-state index contributed by atoms with van der Waals surface area (Å²) in [6.45, 7) is 7.05. The summed E-state index contributed by atoms with van der Waals surface area (Å²) in [6, 6.07) is 0. The Morgan fingerprint density at radius 1 is 1.58 bits per heavy atom. The van der Waals surface area contributed by atoms with Crippen LogP contribution in [0.2, 0.25) is 0 Å². The maximum absolute atomic E-state index is 8.72. The summed E-state index contributed by atoms with van der Waals surface area (Å²) in [7, 11) is 0. The number of ether oxygens (including phenoxy) is 1. The number of aliphatic hydroxyl groups is 1. The second-order valence-corrected chi connectivity index (χ2v) is 3.34. The van der Waals surface area contributed by atoms with Gasteiger partial charge in [-0.1, -0.05) is 0 Å². The van der Waals surface area contributed by atoms with Crippen molar-refractivity contribution in [2.75, 3.05) is 39.5 Å². The van der Waals surface area contributed by atoms with E-state index in [0.717, 1.165) is 32.8 Å². The van der Waals surface area contributed by atoms with Gasteiger partial charge in [0.2, 0.25) is 0 Å². The van der Waals surface area contributed by atoms with Gasteiger partial charge in [0, 0.05) is 19.7 Å². The highest BCUT2D eigenvalue weighted by atomic mass is 16.5. The van der Waals surface area contributed by atoms with Gasteiger partial charge >= 0.3 is 0 Å². The number of β-amino-alcohol motifs (C(OH)–C–C–N with tert-alkyl or cyclic N) is 1. The van der Waals surface area contributed by atoms with E-state index in [1.165, 1.54) is 6.42 Å². The zero-order valence-electron chi connectivity index (χ0n) is 7.83. The van der Waals surface area contributed by atoms with Gasteiger partial charge in [0.1, 0.15) is 0 Å². The normalized spacial score (nSPS) is 25.0. The minimum Gasteiger partial charge on any atom is -0.395 e. The lowest BCUT2D eigenvalue weighted by molar-refractivity contribution is 0.110. The van der Waals surface area contributed by atoms with E-state index in [-0.39, 0.29) is 6.61 Å². The first kappa shape index (κ1) is 9.96. The molecule has 0 aromatic carbocycles. The largest absolute Gasteiger partial charge is 0.395 e. The molecule has 1 saturated heterocycles. The molecule has 0 spiro atoms. The van der Waals surface area contributed by atoms with E-state index < -0.39 is 0 Å². The zero-order valence-corrected chi connectivity index (χ0v) is 7.83. The molecule has 1 N–H and O–H groups in total. The molecule has 1 aliphatic rings. The Bertz CT molecular complexity index is 119. The van der Waals surface area contributed by atoms with Crippen LogP contribution in [-0.4, -0.2) is 49.5 Å². The van der Waals surface area contributed by atoms with Crippen molar-refractivity contribution in [3.05, 3.63) is 0 Å². The molecule has 1 atom stereocenters. The quantitative estimate of drug-likeness (QED) is 0.650. The van der Waals surface area contributed by atoms with E-state index in [4.69, 9.17) is 9.84 Å². The summed E-state index contributed by atoms with van der Waals surface area (Å²) in [5, 5.41) is 8.72. The van der Waals surface area contributed by atoms with Crippen molar-refractivity contribution in [3.63, 3.8) is 0 Å². The molecular formula is C9H19NO2. The highest BCUT2D eigenvalue weighted by Gasteiger charge is 2.21. The first-order valence-electron chi connectivity index (χ1n) is 4.77. The monoisotopic (exact) mass is 173 g/mol. The van der Waals surface area contributed by atoms with Crippen molar-refractivity contribution in [1.82, 2.24) is 4.90 Å². The zero-order chi connectivity index (χ0) is 8.81. The molecule has 0 amide bonds. The third-order valence-electron chi connectivity index (χ3n) is 2.34. The Hall–Kier alpha value is -0.120. The van der Waals surface area contributed by atoms with Crippen LogP contribution >= 0.6 is 0 Å². The van der Waals surface area contributed by atoms with Gasteiger partial charge in [-0.05, 0) is 25.8 Å². The van der Waals surface area contributed by atoms with Crippen LogP contribution in [0.5, 0.6) is 0 Å². The molecule has 1 heterocycles. The predicted molar refractivity (Wildman–Crippen MR) is 48.1 cm³/mol. The summed E-state index contributed by atoms with van der Waals surface area (Å²) in [5.41, 5.74) is 0. The fourth-order valence-corrected chi connectivity index (χ4v) is 1.68. The minimum atomic E-state index is 0.279. The molecular weight excluding hydrogens is 154 g/mol. The Kier molecular flexibility index (Phi) is 4.58. The van der Waals surface area contributed by atoms with Gasteiger partial charge in [-0.25, -0.2) is 0 Å². The number of hydrogen-bond acceptors (Lipinski definition) is 3. The van der Waals surface area contributed by atoms with Gasteiger partial charge in [-0.3, -0.25) is 0 Å².